The van der Waals surface area contributed by atoms with E-state index in [4.69, 9.17) is 5.26 Å². The zero-order valence-electron chi connectivity index (χ0n) is 11.8. The molecule has 0 bridgehead atoms. The van der Waals surface area contributed by atoms with Gasteiger partial charge in [0.25, 0.3) is 0 Å². The van der Waals surface area contributed by atoms with Gasteiger partial charge in [-0.2, -0.15) is 5.26 Å². The van der Waals surface area contributed by atoms with Gasteiger partial charge >= 0.3 is 0 Å². The molecule has 0 unspecified atom stereocenters. The smallest absolute Gasteiger partial charge is 0.0912 e. The van der Waals surface area contributed by atoms with Crippen LogP contribution < -0.4 is 0 Å². The summed E-state index contributed by atoms with van der Waals surface area (Å²) >= 11 is 0. The molecule has 0 aliphatic heterocycles. The van der Waals surface area contributed by atoms with E-state index in [2.05, 4.69) is 26.3 Å². The standard InChI is InChI=1S/C11H9N.2C4H6/c12-10-6-2-5-9-11-7-3-1-4-8-11;2*1-3-4-2/h1-9H;2*3-4H,1-2H2. The highest BCUT2D eigenvalue weighted by atomic mass is 14.2. The fraction of sp³-hybridized carbons (Fsp3) is 0. The Balaban J connectivity index is 0. The molecule has 0 spiro atoms. The molecule has 102 valence electrons. The lowest BCUT2D eigenvalue weighted by Gasteiger charge is -1.87. The minimum atomic E-state index is 1.14. The third-order valence-corrected chi connectivity index (χ3v) is 1.70. The summed E-state index contributed by atoms with van der Waals surface area (Å²) in [5, 5.41) is 8.19. The van der Waals surface area contributed by atoms with Crippen LogP contribution in [-0.4, -0.2) is 0 Å². The maximum atomic E-state index is 8.19. The topological polar surface area (TPSA) is 23.8 Å². The van der Waals surface area contributed by atoms with Gasteiger partial charge in [-0.3, -0.25) is 0 Å². The Kier molecular flexibility index (Phi) is 18.0. The fourth-order valence-corrected chi connectivity index (χ4v) is 0.829. The van der Waals surface area contributed by atoms with Crippen molar-refractivity contribution in [1.82, 2.24) is 0 Å². The van der Waals surface area contributed by atoms with E-state index in [1.54, 1.807) is 30.4 Å². The van der Waals surface area contributed by atoms with Gasteiger partial charge in [0, 0.05) is 6.08 Å². The van der Waals surface area contributed by atoms with Gasteiger partial charge in [0.15, 0.2) is 0 Å². The third-order valence-electron chi connectivity index (χ3n) is 1.70. The first-order valence-corrected chi connectivity index (χ1v) is 6.01. The molecule has 0 aromatic heterocycles. The third kappa shape index (κ3) is 17.5. The average Bonchev–Trinajstić information content (AvgIpc) is 2.53. The number of allylic oxidation sites excluding steroid dienone is 7. The molecule has 0 N–H and O–H groups in total. The molecule has 0 aliphatic rings. The molecule has 0 heterocycles. The summed E-state index contributed by atoms with van der Waals surface area (Å²) < 4.78 is 0. The van der Waals surface area contributed by atoms with Crippen LogP contribution in [0.1, 0.15) is 5.56 Å². The first-order chi connectivity index (χ1) is 9.76. The van der Waals surface area contributed by atoms with Crippen LogP contribution in [0, 0.1) is 11.3 Å². The summed E-state index contributed by atoms with van der Waals surface area (Å²) in [6.45, 7) is 13.4. The minimum absolute atomic E-state index is 1.14. The Labute approximate surface area is 122 Å². The van der Waals surface area contributed by atoms with Crippen LogP contribution in [0.2, 0.25) is 0 Å². The van der Waals surface area contributed by atoms with Gasteiger partial charge in [-0.1, -0.05) is 99.2 Å². The molecule has 0 atom stereocenters. The second-order valence-electron chi connectivity index (χ2n) is 3.20. The molecular weight excluding hydrogens is 242 g/mol. The van der Waals surface area contributed by atoms with Crippen LogP contribution in [0.5, 0.6) is 0 Å². The molecule has 0 saturated carbocycles. The van der Waals surface area contributed by atoms with Gasteiger partial charge in [0.2, 0.25) is 0 Å². The lowest BCUT2D eigenvalue weighted by molar-refractivity contribution is 1.53. The van der Waals surface area contributed by atoms with Crippen molar-refractivity contribution in [1.29, 1.82) is 5.26 Å². The number of nitriles is 1. The molecular formula is C19H21N. The second kappa shape index (κ2) is 18.5. The average molecular weight is 263 g/mol. The van der Waals surface area contributed by atoms with Crippen LogP contribution in [-0.2, 0) is 0 Å². The van der Waals surface area contributed by atoms with Gasteiger partial charge in [-0.15, -0.1) is 0 Å². The van der Waals surface area contributed by atoms with Crippen LogP contribution in [0.4, 0.5) is 0 Å². The van der Waals surface area contributed by atoms with Crippen molar-refractivity contribution < 1.29 is 0 Å². The van der Waals surface area contributed by atoms with E-state index in [1.165, 1.54) is 6.08 Å². The molecule has 1 nitrogen and oxygen atoms in total. The Morgan fingerprint density at radius 2 is 1.30 bits per heavy atom. The van der Waals surface area contributed by atoms with E-state index in [0.717, 1.165) is 5.56 Å². The normalized spacial score (nSPS) is 8.35. The lowest BCUT2D eigenvalue weighted by Crippen LogP contribution is -1.66. The van der Waals surface area contributed by atoms with Crippen molar-refractivity contribution in [3.63, 3.8) is 0 Å². The van der Waals surface area contributed by atoms with Crippen LogP contribution >= 0.6 is 0 Å². The van der Waals surface area contributed by atoms with Crippen molar-refractivity contribution in [3.8, 4) is 6.07 Å². The van der Waals surface area contributed by atoms with Crippen LogP contribution in [0.25, 0.3) is 6.08 Å². The van der Waals surface area contributed by atoms with E-state index >= 15 is 0 Å². The Bertz CT molecular complexity index is 446. The maximum Gasteiger partial charge on any atom is 0.0912 e. The summed E-state index contributed by atoms with van der Waals surface area (Å²) in [4.78, 5) is 0. The number of hydrogen-bond acceptors (Lipinski definition) is 1. The van der Waals surface area contributed by atoms with Gasteiger partial charge in [-0.05, 0) is 5.56 Å². The molecule has 0 amide bonds. The second-order valence-corrected chi connectivity index (χ2v) is 3.20. The quantitative estimate of drug-likeness (QED) is 0.520. The van der Waals surface area contributed by atoms with Gasteiger partial charge in [0.05, 0.1) is 6.07 Å². The van der Waals surface area contributed by atoms with Crippen molar-refractivity contribution >= 4 is 6.08 Å². The predicted octanol–water partition coefficient (Wildman–Crippen LogP) is 5.50. The molecule has 0 saturated heterocycles. The van der Waals surface area contributed by atoms with Crippen molar-refractivity contribution in [2.45, 2.75) is 0 Å². The monoisotopic (exact) mass is 263 g/mol. The molecule has 0 aliphatic carbocycles. The molecule has 20 heavy (non-hydrogen) atoms. The van der Waals surface area contributed by atoms with E-state index in [-0.39, 0.29) is 0 Å². The van der Waals surface area contributed by atoms with E-state index < -0.39 is 0 Å². The number of nitrogens with zero attached hydrogens (tertiary/aromatic N) is 1. The van der Waals surface area contributed by atoms with E-state index in [9.17, 15) is 0 Å². The highest BCUT2D eigenvalue weighted by Gasteiger charge is 1.78. The molecule has 1 aromatic carbocycles. The van der Waals surface area contributed by atoms with Crippen molar-refractivity contribution in [3.05, 3.63) is 105 Å². The highest BCUT2D eigenvalue weighted by molar-refractivity contribution is 5.50. The Morgan fingerprint density at radius 1 is 0.800 bits per heavy atom. The van der Waals surface area contributed by atoms with Crippen LogP contribution in [0.15, 0.2) is 99.2 Å². The molecule has 1 aromatic rings. The first kappa shape index (κ1) is 19.5. The van der Waals surface area contributed by atoms with Gasteiger partial charge in [-0.25, -0.2) is 0 Å². The molecule has 0 radical (unpaired) electrons. The van der Waals surface area contributed by atoms with Crippen molar-refractivity contribution in [2.24, 2.45) is 0 Å². The summed E-state index contributed by atoms with van der Waals surface area (Å²) in [7, 11) is 0. The van der Waals surface area contributed by atoms with Gasteiger partial charge < -0.3 is 0 Å². The number of benzene rings is 1. The minimum Gasteiger partial charge on any atom is -0.193 e. The Morgan fingerprint density at radius 3 is 1.70 bits per heavy atom. The highest BCUT2D eigenvalue weighted by Crippen LogP contribution is 2.00. The Hall–Kier alpha value is -2.85. The SMILES string of the molecule is C=CC=C.C=CC=C.N#CC=CC=Cc1ccccc1. The van der Waals surface area contributed by atoms with Crippen LogP contribution in [0.3, 0.4) is 0 Å². The summed E-state index contributed by atoms with van der Waals surface area (Å²) in [6.07, 6.45) is 13.5. The largest absolute Gasteiger partial charge is 0.193 e. The zero-order valence-corrected chi connectivity index (χ0v) is 11.8. The molecule has 0 fully saturated rings. The van der Waals surface area contributed by atoms with E-state index in [1.807, 2.05) is 48.6 Å². The predicted molar refractivity (Wildman–Crippen MR) is 91.0 cm³/mol. The number of hydrogen-bond donors (Lipinski definition) is 0. The zero-order chi connectivity index (χ0) is 15.5. The lowest BCUT2D eigenvalue weighted by atomic mass is 10.2. The van der Waals surface area contributed by atoms with Crippen molar-refractivity contribution in [2.75, 3.05) is 0 Å². The number of rotatable bonds is 4. The molecule has 1 heteroatoms. The summed E-state index contributed by atoms with van der Waals surface area (Å²) in [5.74, 6) is 0. The fourth-order valence-electron chi connectivity index (χ4n) is 0.829. The molecule has 1 rings (SSSR count). The van der Waals surface area contributed by atoms with Gasteiger partial charge in [0.1, 0.15) is 0 Å². The summed E-state index contributed by atoms with van der Waals surface area (Å²) in [5.41, 5.74) is 1.14. The summed E-state index contributed by atoms with van der Waals surface area (Å²) in [6, 6.07) is 11.9. The first-order valence-electron chi connectivity index (χ1n) is 6.01. The van der Waals surface area contributed by atoms with E-state index in [0.29, 0.717) is 0 Å². The maximum absolute atomic E-state index is 8.19.